The lowest BCUT2D eigenvalue weighted by Gasteiger charge is -2.23. The van der Waals surface area contributed by atoms with Gasteiger partial charge in [-0.15, -0.1) is 0 Å². The number of nitrogens with one attached hydrogen (secondary N) is 2. The van der Waals surface area contributed by atoms with Gasteiger partial charge in [0.05, 0.1) is 12.3 Å². The van der Waals surface area contributed by atoms with Gasteiger partial charge in [0.25, 0.3) is 5.91 Å². The molecule has 0 bridgehead atoms. The molecule has 2 heterocycles. The molecule has 1 atom stereocenters. The Hall–Kier alpha value is -2.60. The summed E-state index contributed by atoms with van der Waals surface area (Å²) in [6.07, 6.45) is 4.52. The normalized spacial score (nSPS) is 17.2. The molecule has 1 fully saturated rings. The van der Waals surface area contributed by atoms with E-state index in [1.54, 1.807) is 12.1 Å². The fourth-order valence-corrected chi connectivity index (χ4v) is 3.34. The molecule has 2 N–H and O–H groups in total. The van der Waals surface area contributed by atoms with E-state index in [0.717, 1.165) is 37.9 Å². The maximum atomic E-state index is 12.5. The molecular weight excluding hydrogens is 330 g/mol. The Morgan fingerprint density at radius 2 is 2.15 bits per heavy atom. The quantitative estimate of drug-likeness (QED) is 0.801. The van der Waals surface area contributed by atoms with E-state index in [1.165, 1.54) is 6.26 Å². The average molecular weight is 355 g/mol. The number of anilines is 1. The van der Waals surface area contributed by atoms with E-state index >= 15 is 0 Å². The number of hydrogen-bond donors (Lipinski definition) is 2. The van der Waals surface area contributed by atoms with Crippen LogP contribution in [0.5, 0.6) is 0 Å². The number of carbonyl (C=O) groups is 2. The third-order valence-corrected chi connectivity index (χ3v) is 4.57. The van der Waals surface area contributed by atoms with Gasteiger partial charge in [0.1, 0.15) is 0 Å². The Bertz CT molecular complexity index is 743. The van der Waals surface area contributed by atoms with Gasteiger partial charge in [-0.25, -0.2) is 0 Å². The van der Waals surface area contributed by atoms with Crippen LogP contribution >= 0.6 is 0 Å². The van der Waals surface area contributed by atoms with Crippen molar-refractivity contribution in [2.45, 2.75) is 38.8 Å². The molecule has 0 saturated carbocycles. The van der Waals surface area contributed by atoms with Gasteiger partial charge in [0.2, 0.25) is 5.91 Å². The molecule has 6 nitrogen and oxygen atoms in total. The molecule has 26 heavy (non-hydrogen) atoms. The molecule has 138 valence electrons. The summed E-state index contributed by atoms with van der Waals surface area (Å²) in [5.41, 5.74) is 1.61. The zero-order valence-electron chi connectivity index (χ0n) is 15.0. The van der Waals surface area contributed by atoms with Crippen molar-refractivity contribution < 1.29 is 14.0 Å². The van der Waals surface area contributed by atoms with Gasteiger partial charge in [-0.1, -0.05) is 19.1 Å². The minimum Gasteiger partial charge on any atom is -0.459 e. The molecule has 2 amide bonds. The van der Waals surface area contributed by atoms with Crippen LogP contribution in [0.3, 0.4) is 0 Å². The fraction of sp³-hybridized carbons (Fsp3) is 0.400. The fourth-order valence-electron chi connectivity index (χ4n) is 3.34. The van der Waals surface area contributed by atoms with Crippen molar-refractivity contribution in [2.24, 2.45) is 0 Å². The maximum absolute atomic E-state index is 12.5. The summed E-state index contributed by atoms with van der Waals surface area (Å²) in [6.45, 7) is 4.54. The lowest BCUT2D eigenvalue weighted by molar-refractivity contribution is -0.125. The Kier molecular flexibility index (Phi) is 6.07. The summed E-state index contributed by atoms with van der Waals surface area (Å²) < 4.78 is 5.09. The highest BCUT2D eigenvalue weighted by molar-refractivity contribution is 6.02. The first-order chi connectivity index (χ1) is 12.7. The molecule has 0 spiro atoms. The summed E-state index contributed by atoms with van der Waals surface area (Å²) in [5, 5.41) is 5.82. The Labute approximate surface area is 153 Å². The summed E-state index contributed by atoms with van der Waals surface area (Å²) in [4.78, 5) is 26.8. The topological polar surface area (TPSA) is 74.6 Å². The predicted molar refractivity (Wildman–Crippen MR) is 99.8 cm³/mol. The first kappa shape index (κ1) is 18.2. The molecule has 1 saturated heterocycles. The smallest absolute Gasteiger partial charge is 0.291 e. The largest absolute Gasteiger partial charge is 0.459 e. The van der Waals surface area contributed by atoms with Gasteiger partial charge in [0, 0.05) is 12.2 Å². The van der Waals surface area contributed by atoms with Gasteiger partial charge in [0.15, 0.2) is 5.76 Å². The van der Waals surface area contributed by atoms with E-state index in [4.69, 9.17) is 4.42 Å². The number of benzene rings is 1. The molecule has 1 unspecified atom stereocenters. The van der Waals surface area contributed by atoms with Gasteiger partial charge in [-0.3, -0.25) is 14.5 Å². The van der Waals surface area contributed by atoms with E-state index in [9.17, 15) is 9.59 Å². The summed E-state index contributed by atoms with van der Waals surface area (Å²) >= 11 is 0. The van der Waals surface area contributed by atoms with Crippen molar-refractivity contribution in [1.29, 1.82) is 0 Å². The van der Waals surface area contributed by atoms with E-state index in [1.807, 2.05) is 24.3 Å². The number of amides is 2. The molecule has 6 heteroatoms. The number of furan rings is 1. The standard InChI is InChI=1S/C20H25N3O3/c1-2-10-23-11-4-8-17(23)19(24)21-14-15-6-3-7-16(13-15)22-20(25)18-9-5-12-26-18/h3,5-7,9,12-13,17H,2,4,8,10-11,14H2,1H3,(H,21,24)(H,22,25). The second kappa shape index (κ2) is 8.67. The monoisotopic (exact) mass is 355 g/mol. The molecular formula is C20H25N3O3. The number of likely N-dealkylation sites (tertiary alicyclic amines) is 1. The minimum atomic E-state index is -0.294. The average Bonchev–Trinajstić information content (AvgIpc) is 3.32. The number of carbonyl (C=O) groups excluding carboxylic acids is 2. The summed E-state index contributed by atoms with van der Waals surface area (Å²) in [6, 6.07) is 10.7. The lowest BCUT2D eigenvalue weighted by atomic mass is 10.1. The SMILES string of the molecule is CCCN1CCCC1C(=O)NCc1cccc(NC(=O)c2ccco2)c1. The van der Waals surface area contributed by atoms with Crippen LogP contribution in [0.1, 0.15) is 42.3 Å². The second-order valence-electron chi connectivity index (χ2n) is 6.54. The van der Waals surface area contributed by atoms with Crippen LogP contribution in [0.15, 0.2) is 47.1 Å². The number of nitrogens with zero attached hydrogens (tertiary/aromatic N) is 1. The van der Waals surface area contributed by atoms with Crippen molar-refractivity contribution in [3.05, 3.63) is 54.0 Å². The Balaban J connectivity index is 1.55. The highest BCUT2D eigenvalue weighted by Gasteiger charge is 2.29. The summed E-state index contributed by atoms with van der Waals surface area (Å²) in [7, 11) is 0. The van der Waals surface area contributed by atoms with Crippen molar-refractivity contribution in [1.82, 2.24) is 10.2 Å². The van der Waals surface area contributed by atoms with E-state index in [-0.39, 0.29) is 23.6 Å². The number of hydrogen-bond acceptors (Lipinski definition) is 4. The number of rotatable bonds is 7. The molecule has 0 radical (unpaired) electrons. The van der Waals surface area contributed by atoms with Crippen molar-refractivity contribution in [2.75, 3.05) is 18.4 Å². The highest BCUT2D eigenvalue weighted by atomic mass is 16.3. The van der Waals surface area contributed by atoms with Crippen LogP contribution in [0.2, 0.25) is 0 Å². The van der Waals surface area contributed by atoms with Crippen LogP contribution in [-0.4, -0.2) is 35.8 Å². The Morgan fingerprint density at radius 1 is 1.27 bits per heavy atom. The van der Waals surface area contributed by atoms with E-state index in [2.05, 4.69) is 22.5 Å². The van der Waals surface area contributed by atoms with Crippen LogP contribution < -0.4 is 10.6 Å². The zero-order chi connectivity index (χ0) is 18.4. The van der Waals surface area contributed by atoms with Crippen molar-refractivity contribution in [3.8, 4) is 0 Å². The molecule has 1 aromatic carbocycles. The van der Waals surface area contributed by atoms with Gasteiger partial charge >= 0.3 is 0 Å². The van der Waals surface area contributed by atoms with E-state index in [0.29, 0.717) is 12.2 Å². The summed E-state index contributed by atoms with van der Waals surface area (Å²) in [5.74, 6) is 0.0549. The van der Waals surface area contributed by atoms with Crippen molar-refractivity contribution in [3.63, 3.8) is 0 Å². The van der Waals surface area contributed by atoms with Gasteiger partial charge in [-0.2, -0.15) is 0 Å². The highest BCUT2D eigenvalue weighted by Crippen LogP contribution is 2.18. The third kappa shape index (κ3) is 4.52. The minimum absolute atomic E-state index is 0.0169. The van der Waals surface area contributed by atoms with E-state index < -0.39 is 0 Å². The third-order valence-electron chi connectivity index (χ3n) is 4.57. The van der Waals surface area contributed by atoms with Gasteiger partial charge < -0.3 is 15.1 Å². The first-order valence-electron chi connectivity index (χ1n) is 9.13. The molecule has 0 aliphatic carbocycles. The second-order valence-corrected chi connectivity index (χ2v) is 6.54. The Morgan fingerprint density at radius 3 is 2.92 bits per heavy atom. The lowest BCUT2D eigenvalue weighted by Crippen LogP contribution is -2.43. The molecule has 1 aliphatic heterocycles. The molecule has 1 aromatic heterocycles. The van der Waals surface area contributed by atoms with Crippen LogP contribution in [0, 0.1) is 0 Å². The predicted octanol–water partition coefficient (Wildman–Crippen LogP) is 3.02. The van der Waals surface area contributed by atoms with Crippen LogP contribution in [-0.2, 0) is 11.3 Å². The van der Waals surface area contributed by atoms with Crippen LogP contribution in [0.25, 0.3) is 0 Å². The maximum Gasteiger partial charge on any atom is 0.291 e. The van der Waals surface area contributed by atoms with Crippen molar-refractivity contribution >= 4 is 17.5 Å². The first-order valence-corrected chi connectivity index (χ1v) is 9.13. The van der Waals surface area contributed by atoms with Crippen LogP contribution in [0.4, 0.5) is 5.69 Å². The molecule has 3 rings (SSSR count). The zero-order valence-corrected chi connectivity index (χ0v) is 15.0. The molecule has 1 aliphatic rings. The van der Waals surface area contributed by atoms with Gasteiger partial charge in [-0.05, 0) is 62.2 Å². The molecule has 2 aromatic rings.